The average molecular weight is 200 g/mol. The second kappa shape index (κ2) is 3.96. The molecule has 0 unspecified atom stereocenters. The molecular weight excluding hydrogens is 188 g/mol. The van der Waals surface area contributed by atoms with Crippen molar-refractivity contribution >= 4 is 17.2 Å². The van der Waals surface area contributed by atoms with Crippen molar-refractivity contribution in [3.63, 3.8) is 0 Å². The van der Waals surface area contributed by atoms with Crippen LogP contribution in [-0.4, -0.2) is 9.97 Å². The highest BCUT2D eigenvalue weighted by atomic mass is 15.0. The highest BCUT2D eigenvalue weighted by molar-refractivity contribution is 5.62. The third-order valence-corrected chi connectivity index (χ3v) is 2.04. The SMILES string of the molecule is Cc1cncnc1Nc1cccc(N)c1. The van der Waals surface area contributed by atoms with Gasteiger partial charge >= 0.3 is 0 Å². The predicted molar refractivity (Wildman–Crippen MR) is 60.9 cm³/mol. The van der Waals surface area contributed by atoms with E-state index in [4.69, 9.17) is 5.73 Å². The Kier molecular flexibility index (Phi) is 2.49. The molecule has 0 spiro atoms. The number of aryl methyl sites for hydroxylation is 1. The molecule has 0 aliphatic heterocycles. The Bertz CT molecular complexity index is 468. The maximum absolute atomic E-state index is 5.68. The Labute approximate surface area is 88.2 Å². The lowest BCUT2D eigenvalue weighted by atomic mass is 10.2. The number of hydrogen-bond acceptors (Lipinski definition) is 4. The van der Waals surface area contributed by atoms with Gasteiger partial charge in [-0.15, -0.1) is 0 Å². The Hall–Kier alpha value is -2.10. The first kappa shape index (κ1) is 9.45. The zero-order valence-electron chi connectivity index (χ0n) is 8.44. The van der Waals surface area contributed by atoms with Crippen LogP contribution in [0.2, 0.25) is 0 Å². The number of benzene rings is 1. The lowest BCUT2D eigenvalue weighted by Crippen LogP contribution is -1.97. The number of aromatic nitrogens is 2. The van der Waals surface area contributed by atoms with E-state index in [-0.39, 0.29) is 0 Å². The van der Waals surface area contributed by atoms with Crippen LogP contribution >= 0.6 is 0 Å². The van der Waals surface area contributed by atoms with E-state index in [1.165, 1.54) is 6.33 Å². The number of nitrogens with zero attached hydrogens (tertiary/aromatic N) is 2. The van der Waals surface area contributed by atoms with Crippen molar-refractivity contribution in [1.29, 1.82) is 0 Å². The number of nitrogen functional groups attached to an aromatic ring is 1. The van der Waals surface area contributed by atoms with Gasteiger partial charge in [-0.2, -0.15) is 0 Å². The molecule has 4 heteroatoms. The van der Waals surface area contributed by atoms with E-state index in [0.29, 0.717) is 0 Å². The summed E-state index contributed by atoms with van der Waals surface area (Å²) in [6.07, 6.45) is 3.28. The van der Waals surface area contributed by atoms with Gasteiger partial charge in [-0.1, -0.05) is 6.07 Å². The molecule has 0 aliphatic rings. The number of nitrogens with one attached hydrogen (secondary N) is 1. The molecule has 4 nitrogen and oxygen atoms in total. The standard InChI is InChI=1S/C11H12N4/c1-8-6-13-7-14-11(8)15-10-4-2-3-9(12)5-10/h2-7H,12H2,1H3,(H,13,14,15). The molecule has 2 rings (SSSR count). The van der Waals surface area contributed by atoms with E-state index in [1.54, 1.807) is 6.20 Å². The third kappa shape index (κ3) is 2.22. The van der Waals surface area contributed by atoms with E-state index < -0.39 is 0 Å². The highest BCUT2D eigenvalue weighted by Crippen LogP contribution is 2.18. The topological polar surface area (TPSA) is 63.8 Å². The Morgan fingerprint density at radius 3 is 2.93 bits per heavy atom. The van der Waals surface area contributed by atoms with Crippen LogP contribution in [0.15, 0.2) is 36.8 Å². The Balaban J connectivity index is 2.26. The maximum Gasteiger partial charge on any atom is 0.136 e. The number of nitrogens with two attached hydrogens (primary N) is 1. The van der Waals surface area contributed by atoms with Crippen LogP contribution in [0.3, 0.4) is 0 Å². The Morgan fingerprint density at radius 1 is 1.33 bits per heavy atom. The van der Waals surface area contributed by atoms with Gasteiger partial charge in [0.05, 0.1) is 0 Å². The van der Waals surface area contributed by atoms with Gasteiger partial charge in [-0.25, -0.2) is 9.97 Å². The monoisotopic (exact) mass is 200 g/mol. The largest absolute Gasteiger partial charge is 0.399 e. The normalized spacial score (nSPS) is 9.93. The van der Waals surface area contributed by atoms with Crippen molar-refractivity contribution < 1.29 is 0 Å². The molecule has 76 valence electrons. The molecule has 0 bridgehead atoms. The fourth-order valence-corrected chi connectivity index (χ4v) is 1.28. The Morgan fingerprint density at radius 2 is 2.20 bits per heavy atom. The summed E-state index contributed by atoms with van der Waals surface area (Å²) >= 11 is 0. The fraction of sp³-hybridized carbons (Fsp3) is 0.0909. The highest BCUT2D eigenvalue weighted by Gasteiger charge is 1.99. The molecule has 1 aromatic carbocycles. The van der Waals surface area contributed by atoms with Crippen molar-refractivity contribution in [2.45, 2.75) is 6.92 Å². The summed E-state index contributed by atoms with van der Waals surface area (Å²) in [5.74, 6) is 0.801. The number of hydrogen-bond donors (Lipinski definition) is 2. The lowest BCUT2D eigenvalue weighted by Gasteiger charge is -2.07. The van der Waals surface area contributed by atoms with Crippen LogP contribution < -0.4 is 11.1 Å². The zero-order valence-corrected chi connectivity index (χ0v) is 8.44. The summed E-state index contributed by atoms with van der Waals surface area (Å²) in [5.41, 5.74) is 8.33. The van der Waals surface area contributed by atoms with Gasteiger partial charge in [-0.05, 0) is 25.1 Å². The van der Waals surface area contributed by atoms with Crippen molar-refractivity contribution in [3.05, 3.63) is 42.4 Å². The maximum atomic E-state index is 5.68. The van der Waals surface area contributed by atoms with E-state index in [1.807, 2.05) is 31.2 Å². The molecule has 15 heavy (non-hydrogen) atoms. The molecule has 0 amide bonds. The van der Waals surface area contributed by atoms with Gasteiger partial charge in [0.25, 0.3) is 0 Å². The average Bonchev–Trinajstić information content (AvgIpc) is 2.22. The summed E-state index contributed by atoms with van der Waals surface area (Å²) in [6.45, 7) is 1.95. The lowest BCUT2D eigenvalue weighted by molar-refractivity contribution is 1.13. The number of anilines is 3. The molecule has 0 saturated heterocycles. The van der Waals surface area contributed by atoms with Crippen LogP contribution in [0, 0.1) is 6.92 Å². The third-order valence-electron chi connectivity index (χ3n) is 2.04. The molecule has 0 saturated carbocycles. The first-order valence-electron chi connectivity index (χ1n) is 4.65. The van der Waals surface area contributed by atoms with Gasteiger partial charge in [0.1, 0.15) is 12.1 Å². The zero-order chi connectivity index (χ0) is 10.7. The molecule has 0 radical (unpaired) electrons. The van der Waals surface area contributed by atoms with Crippen molar-refractivity contribution in [3.8, 4) is 0 Å². The molecule has 1 heterocycles. The van der Waals surface area contributed by atoms with Gasteiger partial charge in [0, 0.05) is 23.1 Å². The minimum Gasteiger partial charge on any atom is -0.399 e. The quantitative estimate of drug-likeness (QED) is 0.729. The summed E-state index contributed by atoms with van der Waals surface area (Å²) in [5, 5.41) is 3.18. The van der Waals surface area contributed by atoms with E-state index in [9.17, 15) is 0 Å². The summed E-state index contributed by atoms with van der Waals surface area (Å²) in [7, 11) is 0. The van der Waals surface area contributed by atoms with E-state index in [2.05, 4.69) is 15.3 Å². The molecule has 3 N–H and O–H groups in total. The molecular formula is C11H12N4. The number of rotatable bonds is 2. The van der Waals surface area contributed by atoms with Crippen LogP contribution in [0.1, 0.15) is 5.56 Å². The van der Waals surface area contributed by atoms with Crippen molar-refractivity contribution in [2.24, 2.45) is 0 Å². The molecule has 2 aromatic rings. The predicted octanol–water partition coefficient (Wildman–Crippen LogP) is 2.11. The smallest absolute Gasteiger partial charge is 0.136 e. The molecule has 1 aromatic heterocycles. The first-order valence-corrected chi connectivity index (χ1v) is 4.65. The van der Waals surface area contributed by atoms with Crippen molar-refractivity contribution in [1.82, 2.24) is 9.97 Å². The second-order valence-corrected chi connectivity index (χ2v) is 3.30. The second-order valence-electron chi connectivity index (χ2n) is 3.30. The van der Waals surface area contributed by atoms with E-state index >= 15 is 0 Å². The van der Waals surface area contributed by atoms with Crippen LogP contribution in [0.5, 0.6) is 0 Å². The van der Waals surface area contributed by atoms with Crippen LogP contribution in [0.25, 0.3) is 0 Å². The summed E-state index contributed by atoms with van der Waals surface area (Å²) in [4.78, 5) is 8.07. The van der Waals surface area contributed by atoms with E-state index in [0.717, 1.165) is 22.8 Å². The molecule has 0 fully saturated rings. The van der Waals surface area contributed by atoms with Crippen LogP contribution in [0.4, 0.5) is 17.2 Å². The molecule has 0 atom stereocenters. The van der Waals surface area contributed by atoms with Gasteiger partial charge in [0.15, 0.2) is 0 Å². The van der Waals surface area contributed by atoms with Crippen LogP contribution in [-0.2, 0) is 0 Å². The molecule has 0 aliphatic carbocycles. The van der Waals surface area contributed by atoms with Gasteiger partial charge in [0.2, 0.25) is 0 Å². The summed E-state index contributed by atoms with van der Waals surface area (Å²) in [6, 6.07) is 7.55. The fourth-order valence-electron chi connectivity index (χ4n) is 1.28. The van der Waals surface area contributed by atoms with Gasteiger partial charge < -0.3 is 11.1 Å². The minimum absolute atomic E-state index is 0.728. The first-order chi connectivity index (χ1) is 7.25. The summed E-state index contributed by atoms with van der Waals surface area (Å²) < 4.78 is 0. The van der Waals surface area contributed by atoms with Gasteiger partial charge in [-0.3, -0.25) is 0 Å². The minimum atomic E-state index is 0.728. The van der Waals surface area contributed by atoms with Crippen molar-refractivity contribution in [2.75, 3.05) is 11.1 Å².